The molecule has 1 fully saturated rings. The van der Waals surface area contributed by atoms with Crippen LogP contribution in [0.1, 0.15) is 40.7 Å². The number of nitrogens with zero attached hydrogens (tertiary/aromatic N) is 1. The number of allylic oxidation sites excluding steroid dienone is 1. The van der Waals surface area contributed by atoms with Crippen LogP contribution in [-0.4, -0.2) is 36.2 Å². The van der Waals surface area contributed by atoms with E-state index in [2.05, 4.69) is 11.8 Å². The monoisotopic (exact) mass is 422 g/mol. The lowest BCUT2D eigenvalue weighted by molar-refractivity contribution is 0.0600. The number of carbonyl (C=O) groups is 1. The standard InChI is InChI=1S/C24H30N4O3/c1-15-11-12-28(14-19(15)16-7-9-17(10-8-16)24(30)31-2)21(23(26)27)13-20(25)18-5-3-4-6-22(18)29/h3-10,13,15,19,29H,11-12,14,25-27H2,1-2H3/b20-13-. The van der Waals surface area contributed by atoms with Crippen LogP contribution < -0.4 is 17.2 Å². The zero-order valence-corrected chi connectivity index (χ0v) is 17.9. The first-order valence-corrected chi connectivity index (χ1v) is 10.3. The lowest BCUT2D eigenvalue weighted by Gasteiger charge is -2.39. The molecule has 1 saturated heterocycles. The highest BCUT2D eigenvalue weighted by atomic mass is 16.5. The topological polar surface area (TPSA) is 128 Å². The first-order valence-electron chi connectivity index (χ1n) is 10.3. The molecule has 2 aromatic rings. The number of phenols is 1. The van der Waals surface area contributed by atoms with Crippen LogP contribution in [0.15, 0.2) is 66.1 Å². The molecule has 0 bridgehead atoms. The Morgan fingerprint density at radius 1 is 1.13 bits per heavy atom. The van der Waals surface area contributed by atoms with Crippen molar-refractivity contribution in [2.24, 2.45) is 23.1 Å². The second kappa shape index (κ2) is 9.47. The average molecular weight is 423 g/mol. The van der Waals surface area contributed by atoms with Gasteiger partial charge in [0.05, 0.1) is 18.4 Å². The van der Waals surface area contributed by atoms with Crippen LogP contribution in [0.3, 0.4) is 0 Å². The lowest BCUT2D eigenvalue weighted by atomic mass is 9.81. The van der Waals surface area contributed by atoms with Crippen molar-refractivity contribution in [1.82, 2.24) is 4.90 Å². The van der Waals surface area contributed by atoms with E-state index in [1.807, 2.05) is 18.2 Å². The van der Waals surface area contributed by atoms with Crippen LogP contribution in [-0.2, 0) is 4.74 Å². The molecule has 1 heterocycles. The molecule has 31 heavy (non-hydrogen) atoms. The van der Waals surface area contributed by atoms with Crippen LogP contribution in [0.25, 0.3) is 5.70 Å². The van der Waals surface area contributed by atoms with Crippen molar-refractivity contribution in [3.05, 3.63) is 82.8 Å². The van der Waals surface area contributed by atoms with E-state index in [9.17, 15) is 9.90 Å². The van der Waals surface area contributed by atoms with Gasteiger partial charge in [-0.15, -0.1) is 0 Å². The Bertz CT molecular complexity index is 994. The molecular formula is C24H30N4O3. The number of piperidine rings is 1. The minimum atomic E-state index is -0.351. The molecule has 0 aliphatic carbocycles. The number of rotatable bonds is 5. The fourth-order valence-electron chi connectivity index (χ4n) is 4.01. The quantitative estimate of drug-likeness (QED) is 0.431. The van der Waals surface area contributed by atoms with Gasteiger partial charge in [-0.25, -0.2) is 4.79 Å². The molecule has 1 aliphatic rings. The van der Waals surface area contributed by atoms with Gasteiger partial charge in [0, 0.05) is 30.3 Å². The van der Waals surface area contributed by atoms with Crippen molar-refractivity contribution in [2.75, 3.05) is 20.2 Å². The molecule has 2 unspecified atom stereocenters. The number of hydrogen-bond donors (Lipinski definition) is 4. The highest BCUT2D eigenvalue weighted by Crippen LogP contribution is 2.34. The van der Waals surface area contributed by atoms with Gasteiger partial charge in [0.1, 0.15) is 11.6 Å². The van der Waals surface area contributed by atoms with Gasteiger partial charge in [-0.3, -0.25) is 0 Å². The zero-order valence-electron chi connectivity index (χ0n) is 17.9. The molecule has 1 aliphatic heterocycles. The molecule has 7 N–H and O–H groups in total. The van der Waals surface area contributed by atoms with E-state index in [0.29, 0.717) is 35.0 Å². The molecule has 164 valence electrons. The van der Waals surface area contributed by atoms with Crippen molar-refractivity contribution in [3.63, 3.8) is 0 Å². The Labute approximate surface area is 182 Å². The summed E-state index contributed by atoms with van der Waals surface area (Å²) in [5.74, 6) is 0.597. The first-order chi connectivity index (χ1) is 14.8. The van der Waals surface area contributed by atoms with Crippen molar-refractivity contribution >= 4 is 11.7 Å². The fourth-order valence-corrected chi connectivity index (χ4v) is 4.01. The Kier molecular flexibility index (Phi) is 6.74. The maximum absolute atomic E-state index is 11.7. The number of esters is 1. The average Bonchev–Trinajstić information content (AvgIpc) is 2.77. The summed E-state index contributed by atoms with van der Waals surface area (Å²) in [6.45, 7) is 3.71. The summed E-state index contributed by atoms with van der Waals surface area (Å²) in [6, 6.07) is 14.4. The van der Waals surface area contributed by atoms with Crippen molar-refractivity contribution in [1.29, 1.82) is 0 Å². The highest BCUT2D eigenvalue weighted by molar-refractivity contribution is 5.89. The SMILES string of the molecule is COC(=O)c1ccc(C2CN(C(/C=C(\N)c3ccccc3O)=C(N)N)CCC2C)cc1. The molecule has 0 saturated carbocycles. The third-order valence-electron chi connectivity index (χ3n) is 5.86. The van der Waals surface area contributed by atoms with Gasteiger partial charge >= 0.3 is 5.97 Å². The second-order valence-electron chi connectivity index (χ2n) is 7.89. The van der Waals surface area contributed by atoms with Crippen molar-refractivity contribution < 1.29 is 14.6 Å². The molecular weight excluding hydrogens is 392 g/mol. The maximum Gasteiger partial charge on any atom is 0.337 e. The van der Waals surface area contributed by atoms with Crippen molar-refractivity contribution in [3.8, 4) is 5.75 Å². The summed E-state index contributed by atoms with van der Waals surface area (Å²) in [6.07, 6.45) is 2.67. The number of carbonyl (C=O) groups excluding carboxylic acids is 1. The number of hydrogen-bond acceptors (Lipinski definition) is 7. The summed E-state index contributed by atoms with van der Waals surface area (Å²) in [7, 11) is 1.37. The van der Waals surface area contributed by atoms with Crippen LogP contribution in [0.5, 0.6) is 5.75 Å². The van der Waals surface area contributed by atoms with E-state index in [-0.39, 0.29) is 23.5 Å². The highest BCUT2D eigenvalue weighted by Gasteiger charge is 2.29. The smallest absolute Gasteiger partial charge is 0.337 e. The number of ether oxygens (including phenoxy) is 1. The van der Waals surface area contributed by atoms with Crippen LogP contribution >= 0.6 is 0 Å². The molecule has 3 rings (SSSR count). The first kappa shape index (κ1) is 22.1. The number of phenolic OH excluding ortho intramolecular Hbond substituents is 1. The molecule has 2 aromatic carbocycles. The van der Waals surface area contributed by atoms with Gasteiger partial charge in [-0.1, -0.05) is 31.2 Å². The molecule has 0 amide bonds. The molecule has 7 nitrogen and oxygen atoms in total. The summed E-state index contributed by atoms with van der Waals surface area (Å²) in [5.41, 5.74) is 21.5. The van der Waals surface area contributed by atoms with Gasteiger partial charge in [0.2, 0.25) is 0 Å². The van der Waals surface area contributed by atoms with E-state index in [0.717, 1.165) is 18.5 Å². The predicted octanol–water partition coefficient (Wildman–Crippen LogP) is 2.69. The molecule has 2 atom stereocenters. The van der Waals surface area contributed by atoms with E-state index in [1.165, 1.54) is 7.11 Å². The summed E-state index contributed by atoms with van der Waals surface area (Å²) < 4.78 is 4.78. The summed E-state index contributed by atoms with van der Waals surface area (Å²) in [5, 5.41) is 10.1. The van der Waals surface area contributed by atoms with Crippen LogP contribution in [0, 0.1) is 5.92 Å². The van der Waals surface area contributed by atoms with Gasteiger partial charge in [0.15, 0.2) is 0 Å². The van der Waals surface area contributed by atoms with E-state index < -0.39 is 0 Å². The van der Waals surface area contributed by atoms with Crippen molar-refractivity contribution in [2.45, 2.75) is 19.3 Å². The minimum Gasteiger partial charge on any atom is -0.507 e. The molecule has 0 aromatic heterocycles. The van der Waals surface area contributed by atoms with Gasteiger partial charge in [-0.2, -0.15) is 0 Å². The minimum absolute atomic E-state index is 0.0991. The zero-order chi connectivity index (χ0) is 22.5. The predicted molar refractivity (Wildman–Crippen MR) is 122 cm³/mol. The van der Waals surface area contributed by atoms with E-state index in [1.54, 1.807) is 36.4 Å². The van der Waals surface area contributed by atoms with E-state index >= 15 is 0 Å². The second-order valence-corrected chi connectivity index (χ2v) is 7.89. The summed E-state index contributed by atoms with van der Waals surface area (Å²) >= 11 is 0. The Hall–Kier alpha value is -3.61. The molecule has 0 spiro atoms. The normalized spacial score (nSPS) is 19.0. The number of nitrogens with two attached hydrogens (primary N) is 3. The molecule has 7 heteroatoms. The number of methoxy groups -OCH3 is 1. The maximum atomic E-state index is 11.7. The Morgan fingerprint density at radius 3 is 2.42 bits per heavy atom. The fraction of sp³-hybridized carbons (Fsp3) is 0.292. The number of likely N-dealkylation sites (tertiary alicyclic amines) is 1. The number of aromatic hydroxyl groups is 1. The number of para-hydroxylation sites is 1. The van der Waals surface area contributed by atoms with Crippen LogP contribution in [0.2, 0.25) is 0 Å². The summed E-state index contributed by atoms with van der Waals surface area (Å²) in [4.78, 5) is 13.9. The lowest BCUT2D eigenvalue weighted by Crippen LogP contribution is -2.39. The van der Waals surface area contributed by atoms with Crippen LogP contribution in [0.4, 0.5) is 0 Å². The van der Waals surface area contributed by atoms with Gasteiger partial charge in [-0.05, 0) is 48.2 Å². The largest absolute Gasteiger partial charge is 0.507 e. The Balaban J connectivity index is 1.86. The van der Waals surface area contributed by atoms with Gasteiger partial charge < -0.3 is 31.9 Å². The Morgan fingerprint density at radius 2 is 1.81 bits per heavy atom. The molecule has 0 radical (unpaired) electrons. The van der Waals surface area contributed by atoms with E-state index in [4.69, 9.17) is 21.9 Å². The third-order valence-corrected chi connectivity index (χ3v) is 5.86. The van der Waals surface area contributed by atoms with Gasteiger partial charge in [0.25, 0.3) is 0 Å². The number of benzene rings is 2. The third kappa shape index (κ3) is 4.94.